The molecule has 0 radical (unpaired) electrons. The smallest absolute Gasteiger partial charge is 0.0911 e. The van der Waals surface area contributed by atoms with Gasteiger partial charge in [0, 0.05) is 15.6 Å². The lowest BCUT2D eigenvalue weighted by molar-refractivity contribution is 0.0332. The first-order chi connectivity index (χ1) is 6.51. The molecule has 76 valence electrons. The van der Waals surface area contributed by atoms with Crippen molar-refractivity contribution in [1.82, 2.24) is 0 Å². The van der Waals surface area contributed by atoms with E-state index in [-0.39, 0.29) is 0 Å². The molecule has 0 aliphatic heterocycles. The quantitative estimate of drug-likeness (QED) is 0.824. The van der Waals surface area contributed by atoms with Gasteiger partial charge in [0.15, 0.2) is 0 Å². The Morgan fingerprint density at radius 1 is 1.36 bits per heavy atom. The minimum Gasteiger partial charge on any atom is -0.385 e. The van der Waals surface area contributed by atoms with Gasteiger partial charge in [-0.1, -0.05) is 23.2 Å². The third-order valence-corrected chi connectivity index (χ3v) is 3.41. The van der Waals surface area contributed by atoms with E-state index in [0.717, 1.165) is 18.4 Å². The highest BCUT2D eigenvalue weighted by Crippen LogP contribution is 2.47. The molecule has 1 aliphatic rings. The van der Waals surface area contributed by atoms with Crippen LogP contribution in [0.25, 0.3) is 0 Å². The van der Waals surface area contributed by atoms with E-state index < -0.39 is 5.60 Å². The maximum Gasteiger partial charge on any atom is 0.0911 e. The average molecular weight is 231 g/mol. The molecular formula is C11H12Cl2O. The van der Waals surface area contributed by atoms with E-state index in [0.29, 0.717) is 16.0 Å². The summed E-state index contributed by atoms with van der Waals surface area (Å²) in [6.45, 7) is 1.81. The lowest BCUT2D eigenvalue weighted by Crippen LogP contribution is -2.24. The molecule has 2 rings (SSSR count). The van der Waals surface area contributed by atoms with Gasteiger partial charge in [-0.25, -0.2) is 0 Å². The summed E-state index contributed by atoms with van der Waals surface area (Å²) >= 11 is 11.9. The standard InChI is InChI=1S/C11H12Cl2O/c1-11(14,7-2-3-7)9-6-8(12)4-5-10(9)13/h4-7,14H,2-3H2,1H3. The molecule has 1 aromatic rings. The highest BCUT2D eigenvalue weighted by molar-refractivity contribution is 6.33. The zero-order valence-corrected chi connectivity index (χ0v) is 9.44. The van der Waals surface area contributed by atoms with Crippen molar-refractivity contribution in [2.24, 2.45) is 5.92 Å². The molecule has 3 heteroatoms. The van der Waals surface area contributed by atoms with Gasteiger partial charge in [0.05, 0.1) is 5.60 Å². The zero-order valence-electron chi connectivity index (χ0n) is 7.93. The lowest BCUT2D eigenvalue weighted by atomic mass is 9.91. The highest BCUT2D eigenvalue weighted by atomic mass is 35.5. The number of halogens is 2. The summed E-state index contributed by atoms with van der Waals surface area (Å²) in [5, 5.41) is 11.5. The fraction of sp³-hybridized carbons (Fsp3) is 0.455. The Kier molecular flexibility index (Phi) is 2.50. The van der Waals surface area contributed by atoms with Crippen molar-refractivity contribution in [2.75, 3.05) is 0 Å². The van der Waals surface area contributed by atoms with Crippen molar-refractivity contribution >= 4 is 23.2 Å². The van der Waals surface area contributed by atoms with Gasteiger partial charge in [0.2, 0.25) is 0 Å². The maximum absolute atomic E-state index is 10.3. The molecule has 14 heavy (non-hydrogen) atoms. The topological polar surface area (TPSA) is 20.2 Å². The highest BCUT2D eigenvalue weighted by Gasteiger charge is 2.42. The first kappa shape index (κ1) is 10.3. The van der Waals surface area contributed by atoms with E-state index in [1.165, 1.54) is 0 Å². The molecule has 1 atom stereocenters. The van der Waals surface area contributed by atoms with E-state index in [2.05, 4.69) is 0 Å². The van der Waals surface area contributed by atoms with Gasteiger partial charge >= 0.3 is 0 Å². The molecule has 0 aromatic heterocycles. The minimum atomic E-state index is -0.831. The molecule has 0 bridgehead atoms. The Morgan fingerprint density at radius 3 is 2.57 bits per heavy atom. The fourth-order valence-electron chi connectivity index (χ4n) is 1.75. The molecule has 1 aliphatic carbocycles. The Hall–Kier alpha value is -0.240. The van der Waals surface area contributed by atoms with Gasteiger partial charge < -0.3 is 5.11 Å². The molecule has 1 aromatic carbocycles. The average Bonchev–Trinajstić information content (AvgIpc) is 2.91. The van der Waals surface area contributed by atoms with Crippen LogP contribution in [0.3, 0.4) is 0 Å². The SMILES string of the molecule is CC(O)(c1cc(Cl)ccc1Cl)C1CC1. The van der Waals surface area contributed by atoms with Crippen molar-refractivity contribution < 1.29 is 5.11 Å². The normalized spacial score (nSPS) is 20.6. The predicted octanol–water partition coefficient (Wildman–Crippen LogP) is 3.61. The van der Waals surface area contributed by atoms with Crippen LogP contribution in [0.1, 0.15) is 25.3 Å². The fourth-order valence-corrected chi connectivity index (χ4v) is 2.23. The monoisotopic (exact) mass is 230 g/mol. The molecular weight excluding hydrogens is 219 g/mol. The van der Waals surface area contributed by atoms with Crippen molar-refractivity contribution in [3.05, 3.63) is 33.8 Å². The Morgan fingerprint density at radius 2 is 2.00 bits per heavy atom. The van der Waals surface area contributed by atoms with Crippen LogP contribution >= 0.6 is 23.2 Å². The van der Waals surface area contributed by atoms with Crippen molar-refractivity contribution in [2.45, 2.75) is 25.4 Å². The van der Waals surface area contributed by atoms with Gasteiger partial charge in [-0.2, -0.15) is 0 Å². The van der Waals surface area contributed by atoms with Crippen LogP contribution in [0.2, 0.25) is 10.0 Å². The third-order valence-electron chi connectivity index (χ3n) is 2.85. The van der Waals surface area contributed by atoms with Crippen LogP contribution in [0, 0.1) is 5.92 Å². The van der Waals surface area contributed by atoms with E-state index in [1.807, 2.05) is 6.92 Å². The number of hydrogen-bond donors (Lipinski definition) is 1. The van der Waals surface area contributed by atoms with E-state index in [1.54, 1.807) is 18.2 Å². The molecule has 1 saturated carbocycles. The molecule has 0 heterocycles. The van der Waals surface area contributed by atoms with Crippen LogP contribution in [0.15, 0.2) is 18.2 Å². The second-order valence-electron chi connectivity index (χ2n) is 4.05. The lowest BCUT2D eigenvalue weighted by Gasteiger charge is -2.24. The van der Waals surface area contributed by atoms with E-state index >= 15 is 0 Å². The van der Waals surface area contributed by atoms with E-state index in [9.17, 15) is 5.11 Å². The van der Waals surface area contributed by atoms with Gasteiger partial charge in [-0.3, -0.25) is 0 Å². The zero-order chi connectivity index (χ0) is 10.3. The first-order valence-electron chi connectivity index (χ1n) is 4.69. The van der Waals surface area contributed by atoms with Crippen molar-refractivity contribution in [3.63, 3.8) is 0 Å². The first-order valence-corrected chi connectivity index (χ1v) is 5.45. The number of rotatable bonds is 2. The van der Waals surface area contributed by atoms with Gasteiger partial charge in [-0.05, 0) is 43.9 Å². The molecule has 0 spiro atoms. The van der Waals surface area contributed by atoms with Crippen LogP contribution < -0.4 is 0 Å². The summed E-state index contributed by atoms with van der Waals surface area (Å²) < 4.78 is 0. The molecule has 0 amide bonds. The van der Waals surface area contributed by atoms with Crippen LogP contribution in [0.4, 0.5) is 0 Å². The Bertz CT molecular complexity index is 356. The minimum absolute atomic E-state index is 0.332. The van der Waals surface area contributed by atoms with Gasteiger partial charge in [-0.15, -0.1) is 0 Å². The van der Waals surface area contributed by atoms with E-state index in [4.69, 9.17) is 23.2 Å². The number of hydrogen-bond acceptors (Lipinski definition) is 1. The third kappa shape index (κ3) is 1.77. The van der Waals surface area contributed by atoms with Crippen LogP contribution in [-0.2, 0) is 5.60 Å². The van der Waals surface area contributed by atoms with Gasteiger partial charge in [0.25, 0.3) is 0 Å². The summed E-state index contributed by atoms with van der Waals surface area (Å²) in [7, 11) is 0. The number of benzene rings is 1. The summed E-state index contributed by atoms with van der Waals surface area (Å²) in [5.74, 6) is 0.332. The van der Waals surface area contributed by atoms with Crippen molar-refractivity contribution in [1.29, 1.82) is 0 Å². The summed E-state index contributed by atoms with van der Waals surface area (Å²) in [5.41, 5.74) is -0.0868. The number of aliphatic hydroxyl groups is 1. The molecule has 1 N–H and O–H groups in total. The largest absolute Gasteiger partial charge is 0.385 e. The summed E-state index contributed by atoms with van der Waals surface area (Å²) in [6, 6.07) is 5.22. The summed E-state index contributed by atoms with van der Waals surface area (Å²) in [6.07, 6.45) is 2.13. The molecule has 0 saturated heterocycles. The van der Waals surface area contributed by atoms with Crippen molar-refractivity contribution in [3.8, 4) is 0 Å². The Labute approximate surface area is 93.7 Å². The maximum atomic E-state index is 10.3. The molecule has 1 nitrogen and oxygen atoms in total. The molecule has 1 unspecified atom stereocenters. The molecule has 1 fully saturated rings. The van der Waals surface area contributed by atoms with Crippen LogP contribution in [0.5, 0.6) is 0 Å². The van der Waals surface area contributed by atoms with Gasteiger partial charge in [0.1, 0.15) is 0 Å². The predicted molar refractivity (Wildman–Crippen MR) is 58.8 cm³/mol. The Balaban J connectivity index is 2.43. The van der Waals surface area contributed by atoms with Crippen LogP contribution in [-0.4, -0.2) is 5.11 Å². The second kappa shape index (κ2) is 3.41. The second-order valence-corrected chi connectivity index (χ2v) is 4.89. The summed E-state index contributed by atoms with van der Waals surface area (Å²) in [4.78, 5) is 0.